The van der Waals surface area contributed by atoms with E-state index in [1.54, 1.807) is 30.2 Å². The third-order valence-electron chi connectivity index (χ3n) is 4.65. The van der Waals surface area contributed by atoms with Crippen molar-refractivity contribution in [3.05, 3.63) is 52.8 Å². The zero-order chi connectivity index (χ0) is 16.5. The molecule has 1 aliphatic carbocycles. The minimum atomic E-state index is -0.855. The van der Waals surface area contributed by atoms with E-state index in [1.807, 2.05) is 22.6 Å². The Balaban J connectivity index is 1.81. The van der Waals surface area contributed by atoms with Crippen LogP contribution in [0, 0.1) is 0 Å². The van der Waals surface area contributed by atoms with Gasteiger partial charge in [0.15, 0.2) is 11.5 Å². The zero-order valence-electron chi connectivity index (χ0n) is 12.9. The Morgan fingerprint density at radius 1 is 1.25 bits per heavy atom. The van der Waals surface area contributed by atoms with Gasteiger partial charge < -0.3 is 5.11 Å². The molecule has 0 aliphatic heterocycles. The van der Waals surface area contributed by atoms with Crippen LogP contribution in [-0.2, 0) is 12.6 Å². The van der Waals surface area contributed by atoms with E-state index < -0.39 is 5.60 Å². The van der Waals surface area contributed by atoms with E-state index in [-0.39, 0.29) is 5.56 Å². The molecule has 0 unspecified atom stereocenters. The fraction of sp³-hybridized carbons (Fsp3) is 0.250. The van der Waals surface area contributed by atoms with Crippen molar-refractivity contribution in [3.63, 3.8) is 0 Å². The van der Waals surface area contributed by atoms with Crippen LogP contribution in [0.25, 0.3) is 22.4 Å². The Hall–Kier alpha value is -3.00. The minimum Gasteiger partial charge on any atom is -0.383 e. The first kappa shape index (κ1) is 13.4. The summed E-state index contributed by atoms with van der Waals surface area (Å²) in [4.78, 5) is 17.1. The quantitative estimate of drug-likeness (QED) is 0.588. The number of aliphatic hydroxyl groups is 1. The zero-order valence-corrected chi connectivity index (χ0v) is 12.9. The molecule has 1 aromatic carbocycles. The maximum Gasteiger partial charge on any atom is 0.261 e. The molecule has 0 radical (unpaired) electrons. The Labute approximate surface area is 135 Å². The summed E-state index contributed by atoms with van der Waals surface area (Å²) in [5.74, 6) is 0.503. The second kappa shape index (κ2) is 4.30. The Morgan fingerprint density at radius 3 is 2.83 bits per heavy atom. The van der Waals surface area contributed by atoms with Crippen molar-refractivity contribution in [2.24, 2.45) is 7.05 Å². The molecular weight excluding hydrogens is 308 g/mol. The number of nitrogens with zero attached hydrogens (tertiary/aromatic N) is 6. The van der Waals surface area contributed by atoms with Crippen LogP contribution in [0.3, 0.4) is 0 Å². The standard InChI is InChI=1S/C16H14N6O2/c1-20-14-13(22-8-12(18-19-22)16(24)6-7-16)17-9-21(14)11-5-3-2-4-10(11)15(20)23/h2-5,8-9,24H,6-7H2,1H3. The summed E-state index contributed by atoms with van der Waals surface area (Å²) in [7, 11) is 1.71. The van der Waals surface area contributed by atoms with Crippen molar-refractivity contribution in [1.82, 2.24) is 28.9 Å². The molecule has 3 aromatic heterocycles. The molecule has 3 heterocycles. The monoisotopic (exact) mass is 322 g/mol. The molecular formula is C16H14N6O2. The first-order valence-corrected chi connectivity index (χ1v) is 7.69. The highest BCUT2D eigenvalue weighted by molar-refractivity contribution is 5.82. The SMILES string of the molecule is Cn1c(=O)c2ccccc2n2cnc(-n3cc(C4(O)CC4)nn3)c12. The summed E-state index contributed by atoms with van der Waals surface area (Å²) < 4.78 is 4.92. The molecule has 8 heteroatoms. The van der Waals surface area contributed by atoms with Gasteiger partial charge in [-0.15, -0.1) is 5.10 Å². The van der Waals surface area contributed by atoms with E-state index in [2.05, 4.69) is 15.3 Å². The van der Waals surface area contributed by atoms with Crippen LogP contribution >= 0.6 is 0 Å². The molecule has 1 fully saturated rings. The van der Waals surface area contributed by atoms with Crippen LogP contribution in [0.2, 0.25) is 0 Å². The molecule has 0 spiro atoms. The number of hydrogen-bond acceptors (Lipinski definition) is 5. The fourth-order valence-electron chi connectivity index (χ4n) is 3.08. The van der Waals surface area contributed by atoms with Crippen LogP contribution in [0.4, 0.5) is 0 Å². The summed E-state index contributed by atoms with van der Waals surface area (Å²) in [6, 6.07) is 7.41. The van der Waals surface area contributed by atoms with E-state index >= 15 is 0 Å². The van der Waals surface area contributed by atoms with E-state index in [4.69, 9.17) is 0 Å². The van der Waals surface area contributed by atoms with E-state index in [9.17, 15) is 9.90 Å². The molecule has 0 saturated heterocycles. The van der Waals surface area contributed by atoms with Crippen LogP contribution in [-0.4, -0.2) is 34.1 Å². The summed E-state index contributed by atoms with van der Waals surface area (Å²) in [6.45, 7) is 0. The van der Waals surface area contributed by atoms with Crippen molar-refractivity contribution in [2.45, 2.75) is 18.4 Å². The van der Waals surface area contributed by atoms with Gasteiger partial charge in [-0.25, -0.2) is 4.98 Å². The largest absolute Gasteiger partial charge is 0.383 e. The van der Waals surface area contributed by atoms with Crippen LogP contribution in [0.5, 0.6) is 0 Å². The maximum absolute atomic E-state index is 12.6. The van der Waals surface area contributed by atoms with Gasteiger partial charge in [-0.1, -0.05) is 17.3 Å². The van der Waals surface area contributed by atoms with Gasteiger partial charge >= 0.3 is 0 Å². The lowest BCUT2D eigenvalue weighted by Crippen LogP contribution is -2.20. The second-order valence-electron chi connectivity index (χ2n) is 6.22. The van der Waals surface area contributed by atoms with Crippen molar-refractivity contribution in [3.8, 4) is 5.82 Å². The lowest BCUT2D eigenvalue weighted by molar-refractivity contribution is 0.146. The van der Waals surface area contributed by atoms with E-state index in [0.29, 0.717) is 35.4 Å². The van der Waals surface area contributed by atoms with Crippen LogP contribution in [0.1, 0.15) is 18.5 Å². The topological polar surface area (TPSA) is 90.2 Å². The molecule has 4 aromatic rings. The summed E-state index contributed by atoms with van der Waals surface area (Å²) in [5.41, 5.74) is 0.996. The molecule has 0 amide bonds. The van der Waals surface area contributed by atoms with Gasteiger partial charge in [0.1, 0.15) is 17.6 Å². The average molecular weight is 322 g/mol. The molecule has 1 N–H and O–H groups in total. The number of imidazole rings is 1. The smallest absolute Gasteiger partial charge is 0.261 e. The summed E-state index contributed by atoms with van der Waals surface area (Å²) in [6.07, 6.45) is 4.73. The van der Waals surface area contributed by atoms with Gasteiger partial charge in [-0.3, -0.25) is 13.8 Å². The third-order valence-corrected chi connectivity index (χ3v) is 4.65. The van der Waals surface area contributed by atoms with Crippen molar-refractivity contribution < 1.29 is 5.11 Å². The van der Waals surface area contributed by atoms with Crippen molar-refractivity contribution in [1.29, 1.82) is 0 Å². The Morgan fingerprint density at radius 2 is 2.04 bits per heavy atom. The number of hydrogen-bond donors (Lipinski definition) is 1. The molecule has 120 valence electrons. The number of aryl methyl sites for hydroxylation is 1. The van der Waals surface area contributed by atoms with Gasteiger partial charge in [0.2, 0.25) is 0 Å². The number of fused-ring (bicyclic) bond motifs is 3. The van der Waals surface area contributed by atoms with Gasteiger partial charge in [-0.05, 0) is 25.0 Å². The molecule has 8 nitrogen and oxygen atoms in total. The second-order valence-corrected chi connectivity index (χ2v) is 6.22. The number of para-hydroxylation sites is 1. The van der Waals surface area contributed by atoms with Gasteiger partial charge in [-0.2, -0.15) is 4.68 Å². The molecule has 0 atom stereocenters. The highest BCUT2D eigenvalue weighted by Crippen LogP contribution is 2.44. The van der Waals surface area contributed by atoms with Gasteiger partial charge in [0.25, 0.3) is 5.56 Å². The van der Waals surface area contributed by atoms with E-state index in [0.717, 1.165) is 5.52 Å². The highest BCUT2D eigenvalue weighted by atomic mass is 16.3. The van der Waals surface area contributed by atoms with Gasteiger partial charge in [0, 0.05) is 7.05 Å². The van der Waals surface area contributed by atoms with Crippen molar-refractivity contribution in [2.75, 3.05) is 0 Å². The summed E-state index contributed by atoms with van der Waals surface area (Å²) >= 11 is 0. The third kappa shape index (κ3) is 1.65. The van der Waals surface area contributed by atoms with E-state index in [1.165, 1.54) is 4.68 Å². The fourth-order valence-corrected chi connectivity index (χ4v) is 3.08. The molecule has 1 aliphatic rings. The van der Waals surface area contributed by atoms with Crippen LogP contribution in [0.15, 0.2) is 41.6 Å². The predicted molar refractivity (Wildman–Crippen MR) is 86.0 cm³/mol. The lowest BCUT2D eigenvalue weighted by Gasteiger charge is -2.08. The highest BCUT2D eigenvalue weighted by Gasteiger charge is 2.45. The predicted octanol–water partition coefficient (Wildman–Crippen LogP) is 0.748. The first-order valence-electron chi connectivity index (χ1n) is 7.69. The summed E-state index contributed by atoms with van der Waals surface area (Å²) in [5, 5.41) is 18.9. The lowest BCUT2D eigenvalue weighted by atomic mass is 10.2. The van der Waals surface area contributed by atoms with Crippen molar-refractivity contribution >= 4 is 16.6 Å². The molecule has 0 bridgehead atoms. The van der Waals surface area contributed by atoms with Gasteiger partial charge in [0.05, 0.1) is 17.1 Å². The molecule has 5 rings (SSSR count). The number of benzene rings is 1. The number of rotatable bonds is 2. The first-order chi connectivity index (χ1) is 11.6. The normalized spacial score (nSPS) is 16.1. The Kier molecular flexibility index (Phi) is 2.41. The Bertz CT molecular complexity index is 1160. The number of aromatic nitrogens is 6. The molecule has 24 heavy (non-hydrogen) atoms. The van der Waals surface area contributed by atoms with Crippen LogP contribution < -0.4 is 5.56 Å². The minimum absolute atomic E-state index is 0.0963. The average Bonchev–Trinajstić information content (AvgIpc) is 3.04. The maximum atomic E-state index is 12.6. The molecule has 1 saturated carbocycles.